The number of benzene rings is 1. The number of carbonyl (C=O) groups excluding carboxylic acids is 1. The van der Waals surface area contributed by atoms with E-state index in [0.717, 1.165) is 29.3 Å². The Labute approximate surface area is 97.1 Å². The first kappa shape index (κ1) is 9.64. The van der Waals surface area contributed by atoms with Crippen LogP contribution >= 0.6 is 11.6 Å². The number of hydrogen-bond donors (Lipinski definition) is 1. The number of aromatic amines is 1. The molecule has 1 fully saturated rings. The van der Waals surface area contributed by atoms with E-state index < -0.39 is 0 Å². The Bertz CT molecular complexity index is 607. The summed E-state index contributed by atoms with van der Waals surface area (Å²) in [5.74, 6) is 0. The van der Waals surface area contributed by atoms with Crippen molar-refractivity contribution >= 4 is 28.6 Å². The number of aliphatic imine (C=N–C) groups is 1. The van der Waals surface area contributed by atoms with E-state index in [2.05, 4.69) is 9.98 Å². The third kappa shape index (κ3) is 1.29. The number of aromatic nitrogens is 1. The third-order valence-electron chi connectivity index (χ3n) is 3.15. The third-order valence-corrected chi connectivity index (χ3v) is 3.46. The minimum atomic E-state index is -0.312. The van der Waals surface area contributed by atoms with E-state index in [1.165, 1.54) is 0 Å². The Morgan fingerprint density at radius 1 is 1.44 bits per heavy atom. The Morgan fingerprint density at radius 2 is 2.25 bits per heavy atom. The fraction of sp³-hybridized carbons (Fsp3) is 0.250. The van der Waals surface area contributed by atoms with Crippen LogP contribution in [0.2, 0.25) is 5.02 Å². The highest BCUT2D eigenvalue weighted by atomic mass is 35.5. The quantitative estimate of drug-likeness (QED) is 0.628. The molecule has 1 heterocycles. The molecule has 16 heavy (non-hydrogen) atoms. The predicted molar refractivity (Wildman–Crippen MR) is 62.3 cm³/mol. The van der Waals surface area contributed by atoms with Crippen molar-refractivity contribution in [1.82, 2.24) is 4.98 Å². The van der Waals surface area contributed by atoms with Gasteiger partial charge in [0.1, 0.15) is 0 Å². The van der Waals surface area contributed by atoms with Crippen molar-refractivity contribution in [3.05, 3.63) is 35.0 Å². The lowest BCUT2D eigenvalue weighted by Gasteiger charge is -2.07. The van der Waals surface area contributed by atoms with Crippen molar-refractivity contribution in [1.29, 1.82) is 0 Å². The van der Waals surface area contributed by atoms with Crippen LogP contribution in [0.1, 0.15) is 18.4 Å². The number of isocyanates is 1. The maximum Gasteiger partial charge on any atom is 0.235 e. The van der Waals surface area contributed by atoms with Crippen LogP contribution in [0.3, 0.4) is 0 Å². The van der Waals surface area contributed by atoms with Crippen LogP contribution in [-0.2, 0) is 10.3 Å². The summed E-state index contributed by atoms with van der Waals surface area (Å²) in [7, 11) is 0. The summed E-state index contributed by atoms with van der Waals surface area (Å²) in [5.41, 5.74) is 1.73. The van der Waals surface area contributed by atoms with Crippen LogP contribution in [0.25, 0.3) is 10.9 Å². The summed E-state index contributed by atoms with van der Waals surface area (Å²) >= 11 is 6.00. The zero-order chi connectivity index (χ0) is 11.2. The smallest absolute Gasteiger partial charge is 0.235 e. The lowest BCUT2D eigenvalue weighted by molar-refractivity contribution is 0.556. The molecule has 1 N–H and O–H groups in total. The van der Waals surface area contributed by atoms with Gasteiger partial charge in [-0.1, -0.05) is 23.7 Å². The second-order valence-corrected chi connectivity index (χ2v) is 4.54. The summed E-state index contributed by atoms with van der Waals surface area (Å²) < 4.78 is 0. The number of halogens is 1. The number of hydrogen-bond acceptors (Lipinski definition) is 2. The van der Waals surface area contributed by atoms with Crippen LogP contribution in [0.15, 0.2) is 29.4 Å². The summed E-state index contributed by atoms with van der Waals surface area (Å²) in [6.07, 6.45) is 5.26. The molecule has 0 unspecified atom stereocenters. The zero-order valence-electron chi connectivity index (χ0n) is 8.46. The molecular weight excluding hydrogens is 224 g/mol. The predicted octanol–water partition coefficient (Wildman–Crippen LogP) is 3.15. The lowest BCUT2D eigenvalue weighted by atomic mass is 10.0. The average Bonchev–Trinajstić information content (AvgIpc) is 2.99. The molecule has 1 aliphatic carbocycles. The molecule has 3 nitrogen and oxygen atoms in total. The first-order chi connectivity index (χ1) is 7.75. The standard InChI is InChI=1S/C12H9ClN2O/c13-10-6-14-11-5-8(1-2-9(10)11)12(3-4-12)15-7-16/h1-2,5-6,14H,3-4H2. The summed E-state index contributed by atoms with van der Waals surface area (Å²) in [5, 5.41) is 1.71. The van der Waals surface area contributed by atoms with Gasteiger partial charge >= 0.3 is 0 Å². The first-order valence-electron chi connectivity index (χ1n) is 5.11. The van der Waals surface area contributed by atoms with E-state index in [1.54, 1.807) is 12.3 Å². The van der Waals surface area contributed by atoms with Gasteiger partial charge in [0.2, 0.25) is 6.08 Å². The van der Waals surface area contributed by atoms with E-state index >= 15 is 0 Å². The second kappa shape index (κ2) is 3.21. The molecule has 0 radical (unpaired) electrons. The lowest BCUT2D eigenvalue weighted by Crippen LogP contribution is -2.01. The minimum Gasteiger partial charge on any atom is -0.360 e. The molecule has 1 aromatic carbocycles. The second-order valence-electron chi connectivity index (χ2n) is 4.13. The normalized spacial score (nSPS) is 17.1. The van der Waals surface area contributed by atoms with E-state index in [4.69, 9.17) is 11.6 Å². The Morgan fingerprint density at radius 3 is 2.94 bits per heavy atom. The number of nitrogens with zero attached hydrogens (tertiary/aromatic N) is 1. The van der Waals surface area contributed by atoms with Crippen molar-refractivity contribution < 1.29 is 4.79 Å². The van der Waals surface area contributed by atoms with Gasteiger partial charge in [-0.2, -0.15) is 4.99 Å². The highest BCUT2D eigenvalue weighted by Crippen LogP contribution is 2.49. The van der Waals surface area contributed by atoms with E-state index in [-0.39, 0.29) is 5.54 Å². The molecule has 3 rings (SSSR count). The average molecular weight is 233 g/mol. The molecule has 2 aromatic rings. The van der Waals surface area contributed by atoms with Gasteiger partial charge < -0.3 is 4.98 Å². The zero-order valence-corrected chi connectivity index (χ0v) is 9.21. The van der Waals surface area contributed by atoms with Crippen LogP contribution in [0.4, 0.5) is 0 Å². The van der Waals surface area contributed by atoms with Crippen molar-refractivity contribution in [2.75, 3.05) is 0 Å². The van der Waals surface area contributed by atoms with E-state index in [1.807, 2.05) is 18.2 Å². The SMILES string of the molecule is O=C=NC1(c2ccc3c(Cl)c[nH]c3c2)CC1. The molecule has 80 valence electrons. The highest BCUT2D eigenvalue weighted by Gasteiger charge is 2.44. The minimum absolute atomic E-state index is 0.312. The molecule has 0 bridgehead atoms. The molecule has 1 saturated carbocycles. The highest BCUT2D eigenvalue weighted by molar-refractivity contribution is 6.35. The molecule has 1 aromatic heterocycles. The van der Waals surface area contributed by atoms with Gasteiger partial charge in [0, 0.05) is 17.1 Å². The van der Waals surface area contributed by atoms with Crippen molar-refractivity contribution in [2.24, 2.45) is 4.99 Å². The van der Waals surface area contributed by atoms with Gasteiger partial charge in [-0.25, -0.2) is 4.79 Å². The monoisotopic (exact) mass is 232 g/mol. The topological polar surface area (TPSA) is 45.2 Å². The molecule has 0 atom stereocenters. The van der Waals surface area contributed by atoms with Crippen LogP contribution in [0.5, 0.6) is 0 Å². The van der Waals surface area contributed by atoms with Gasteiger partial charge in [0.15, 0.2) is 0 Å². The Balaban J connectivity index is 2.16. The molecule has 0 aliphatic heterocycles. The van der Waals surface area contributed by atoms with Crippen molar-refractivity contribution in [3.63, 3.8) is 0 Å². The largest absolute Gasteiger partial charge is 0.360 e. The molecule has 0 spiro atoms. The molecule has 1 aliphatic rings. The number of fused-ring (bicyclic) bond motifs is 1. The van der Waals surface area contributed by atoms with Crippen molar-refractivity contribution in [3.8, 4) is 0 Å². The Hall–Kier alpha value is -1.57. The van der Waals surface area contributed by atoms with Gasteiger partial charge in [-0.15, -0.1) is 0 Å². The van der Waals surface area contributed by atoms with E-state index in [0.29, 0.717) is 5.02 Å². The number of rotatable bonds is 2. The van der Waals surface area contributed by atoms with Gasteiger partial charge in [-0.3, -0.25) is 0 Å². The maximum atomic E-state index is 10.4. The summed E-state index contributed by atoms with van der Waals surface area (Å²) in [6, 6.07) is 5.95. The molecule has 4 heteroatoms. The Kier molecular flexibility index (Phi) is 1.93. The number of H-pyrrole nitrogens is 1. The van der Waals surface area contributed by atoms with Crippen LogP contribution in [0, 0.1) is 0 Å². The summed E-state index contributed by atoms with van der Waals surface area (Å²) in [6.45, 7) is 0. The van der Waals surface area contributed by atoms with Gasteiger partial charge in [0.25, 0.3) is 0 Å². The number of nitrogens with one attached hydrogen (secondary N) is 1. The molecule has 0 amide bonds. The summed E-state index contributed by atoms with van der Waals surface area (Å²) in [4.78, 5) is 17.4. The molecule has 0 saturated heterocycles. The fourth-order valence-corrected chi connectivity index (χ4v) is 2.27. The first-order valence-corrected chi connectivity index (χ1v) is 5.49. The maximum absolute atomic E-state index is 10.4. The van der Waals surface area contributed by atoms with Crippen LogP contribution < -0.4 is 0 Å². The van der Waals surface area contributed by atoms with Crippen LogP contribution in [-0.4, -0.2) is 11.1 Å². The fourth-order valence-electron chi connectivity index (χ4n) is 2.05. The van der Waals surface area contributed by atoms with Crippen molar-refractivity contribution in [2.45, 2.75) is 18.4 Å². The van der Waals surface area contributed by atoms with Gasteiger partial charge in [0.05, 0.1) is 10.6 Å². The van der Waals surface area contributed by atoms with E-state index in [9.17, 15) is 4.79 Å². The van der Waals surface area contributed by atoms with Gasteiger partial charge in [-0.05, 0) is 24.5 Å². The molecular formula is C12H9ClN2O.